The lowest BCUT2D eigenvalue weighted by Gasteiger charge is -2.21. The summed E-state index contributed by atoms with van der Waals surface area (Å²) < 4.78 is 15.8. The van der Waals surface area contributed by atoms with E-state index in [4.69, 9.17) is 10.5 Å². The molecule has 14 heavy (non-hydrogen) atoms. The van der Waals surface area contributed by atoms with Gasteiger partial charge in [-0.05, 0) is 27.2 Å². The number of ether oxygens (including phenoxy) is 1. The van der Waals surface area contributed by atoms with Crippen LogP contribution in [0.3, 0.4) is 0 Å². The maximum Gasteiger partial charge on any atom is 0.323 e. The van der Waals surface area contributed by atoms with Gasteiger partial charge in [0, 0.05) is 22.8 Å². The predicted molar refractivity (Wildman–Crippen MR) is 57.4 cm³/mol. The number of hydrogen-bond donors (Lipinski definition) is 1. The van der Waals surface area contributed by atoms with Crippen LogP contribution < -0.4 is 5.73 Å². The largest absolute Gasteiger partial charge is 0.459 e. The topological polar surface area (TPSA) is 69.4 Å². The van der Waals surface area contributed by atoms with Crippen LogP contribution in [0, 0.1) is 0 Å². The van der Waals surface area contributed by atoms with E-state index in [9.17, 15) is 9.00 Å². The second kappa shape index (κ2) is 5.46. The van der Waals surface area contributed by atoms with Gasteiger partial charge >= 0.3 is 5.97 Å². The SMILES string of the molecule is CS(=O)CCC(N)C(=O)OC(C)(C)C. The summed E-state index contributed by atoms with van der Waals surface area (Å²) in [6.45, 7) is 5.36. The van der Waals surface area contributed by atoms with Crippen molar-refractivity contribution >= 4 is 16.8 Å². The first kappa shape index (κ1) is 13.6. The van der Waals surface area contributed by atoms with E-state index in [-0.39, 0.29) is 0 Å². The molecule has 0 saturated carbocycles. The summed E-state index contributed by atoms with van der Waals surface area (Å²) in [4.78, 5) is 11.3. The molecule has 0 heterocycles. The van der Waals surface area contributed by atoms with Gasteiger partial charge in [-0.25, -0.2) is 0 Å². The molecule has 2 N–H and O–H groups in total. The molecule has 0 saturated heterocycles. The fraction of sp³-hybridized carbons (Fsp3) is 0.889. The van der Waals surface area contributed by atoms with E-state index in [1.165, 1.54) is 0 Å². The number of carbonyl (C=O) groups is 1. The number of esters is 1. The molecule has 4 nitrogen and oxygen atoms in total. The second-order valence-corrected chi connectivity index (χ2v) is 5.76. The molecule has 2 atom stereocenters. The number of carbonyl (C=O) groups excluding carboxylic acids is 1. The Hall–Kier alpha value is -0.420. The van der Waals surface area contributed by atoms with E-state index < -0.39 is 28.4 Å². The van der Waals surface area contributed by atoms with Crippen LogP contribution in [0.25, 0.3) is 0 Å². The van der Waals surface area contributed by atoms with E-state index >= 15 is 0 Å². The average molecular weight is 221 g/mol. The van der Waals surface area contributed by atoms with Crippen molar-refractivity contribution in [3.63, 3.8) is 0 Å². The Morgan fingerprint density at radius 3 is 2.36 bits per heavy atom. The predicted octanol–water partition coefficient (Wildman–Crippen LogP) is 0.424. The highest BCUT2D eigenvalue weighted by molar-refractivity contribution is 7.84. The van der Waals surface area contributed by atoms with Crippen molar-refractivity contribution in [3.8, 4) is 0 Å². The van der Waals surface area contributed by atoms with Crippen molar-refractivity contribution in [2.75, 3.05) is 12.0 Å². The minimum atomic E-state index is -0.914. The molecule has 0 amide bonds. The lowest BCUT2D eigenvalue weighted by molar-refractivity contribution is -0.156. The Balaban J connectivity index is 3.94. The fourth-order valence-corrected chi connectivity index (χ4v) is 1.37. The van der Waals surface area contributed by atoms with Crippen molar-refractivity contribution in [2.45, 2.75) is 38.8 Å². The Kier molecular flexibility index (Phi) is 5.29. The molecule has 0 aliphatic rings. The van der Waals surface area contributed by atoms with Gasteiger partial charge in [-0.1, -0.05) is 0 Å². The van der Waals surface area contributed by atoms with Gasteiger partial charge in [-0.2, -0.15) is 0 Å². The van der Waals surface area contributed by atoms with Crippen molar-refractivity contribution in [1.82, 2.24) is 0 Å². The van der Waals surface area contributed by atoms with Crippen LogP contribution in [0.15, 0.2) is 0 Å². The lowest BCUT2D eigenvalue weighted by atomic mass is 10.2. The maximum absolute atomic E-state index is 11.3. The molecule has 0 rings (SSSR count). The summed E-state index contributed by atoms with van der Waals surface area (Å²) in [5.41, 5.74) is 5.05. The zero-order valence-electron chi connectivity index (χ0n) is 9.20. The van der Waals surface area contributed by atoms with Crippen LogP contribution >= 0.6 is 0 Å². The molecule has 0 radical (unpaired) electrons. The first-order valence-electron chi connectivity index (χ1n) is 4.51. The summed E-state index contributed by atoms with van der Waals surface area (Å²) in [5, 5.41) is 0. The molecular weight excluding hydrogens is 202 g/mol. The van der Waals surface area contributed by atoms with Crippen LogP contribution in [0.2, 0.25) is 0 Å². The third-order valence-corrected chi connectivity index (χ3v) is 2.24. The molecule has 84 valence electrons. The summed E-state index contributed by atoms with van der Waals surface area (Å²) in [7, 11) is -0.914. The van der Waals surface area contributed by atoms with E-state index in [1.807, 2.05) is 0 Å². The Morgan fingerprint density at radius 2 is 2.00 bits per heavy atom. The first-order valence-corrected chi connectivity index (χ1v) is 6.23. The second-order valence-electron chi connectivity index (χ2n) is 4.21. The van der Waals surface area contributed by atoms with Crippen LogP contribution in [0.1, 0.15) is 27.2 Å². The standard InChI is InChI=1S/C9H19NO3S/c1-9(2,3)13-8(11)7(10)5-6-14(4)12/h7H,5-6,10H2,1-4H3. The normalized spacial score (nSPS) is 16.1. The van der Waals surface area contributed by atoms with Crippen molar-refractivity contribution in [3.05, 3.63) is 0 Å². The van der Waals surface area contributed by atoms with Gasteiger partial charge in [0.1, 0.15) is 11.6 Å². The molecule has 5 heteroatoms. The van der Waals surface area contributed by atoms with Gasteiger partial charge in [0.2, 0.25) is 0 Å². The van der Waals surface area contributed by atoms with Crippen LogP contribution in [-0.4, -0.2) is 33.8 Å². The third-order valence-electron chi connectivity index (χ3n) is 1.43. The summed E-state index contributed by atoms with van der Waals surface area (Å²) >= 11 is 0. The molecule has 2 unspecified atom stereocenters. The zero-order chi connectivity index (χ0) is 11.4. The maximum atomic E-state index is 11.3. The van der Waals surface area contributed by atoms with Gasteiger partial charge in [-0.15, -0.1) is 0 Å². The van der Waals surface area contributed by atoms with Gasteiger partial charge < -0.3 is 10.5 Å². The minimum Gasteiger partial charge on any atom is -0.459 e. The molecule has 0 aliphatic carbocycles. The molecule has 0 aromatic rings. The summed E-state index contributed by atoms with van der Waals surface area (Å²) in [6, 6.07) is -0.668. The van der Waals surface area contributed by atoms with E-state index in [1.54, 1.807) is 27.0 Å². The van der Waals surface area contributed by atoms with Gasteiger partial charge in [0.15, 0.2) is 0 Å². The molecule has 0 fully saturated rings. The summed E-state index contributed by atoms with van der Waals surface area (Å²) in [5.74, 6) is 0.00314. The van der Waals surface area contributed by atoms with Gasteiger partial charge in [-0.3, -0.25) is 9.00 Å². The highest BCUT2D eigenvalue weighted by atomic mass is 32.2. The average Bonchev–Trinajstić information content (AvgIpc) is 1.96. The quantitative estimate of drug-likeness (QED) is 0.699. The van der Waals surface area contributed by atoms with E-state index in [0.29, 0.717) is 12.2 Å². The smallest absolute Gasteiger partial charge is 0.323 e. The summed E-state index contributed by atoms with van der Waals surface area (Å²) in [6.07, 6.45) is 1.99. The monoisotopic (exact) mass is 221 g/mol. The number of hydrogen-bond acceptors (Lipinski definition) is 4. The number of nitrogens with two attached hydrogens (primary N) is 1. The lowest BCUT2D eigenvalue weighted by Crippen LogP contribution is -2.38. The Bertz CT molecular complexity index is 223. The molecule has 0 aromatic heterocycles. The van der Waals surface area contributed by atoms with Crippen LogP contribution in [-0.2, 0) is 20.3 Å². The van der Waals surface area contributed by atoms with E-state index in [2.05, 4.69) is 0 Å². The van der Waals surface area contributed by atoms with Crippen molar-refractivity contribution in [1.29, 1.82) is 0 Å². The van der Waals surface area contributed by atoms with Crippen LogP contribution in [0.4, 0.5) is 0 Å². The van der Waals surface area contributed by atoms with E-state index in [0.717, 1.165) is 0 Å². The molecule has 0 aliphatic heterocycles. The Morgan fingerprint density at radius 1 is 1.50 bits per heavy atom. The zero-order valence-corrected chi connectivity index (χ0v) is 10.0. The van der Waals surface area contributed by atoms with Gasteiger partial charge in [0.25, 0.3) is 0 Å². The van der Waals surface area contributed by atoms with Crippen LogP contribution in [0.5, 0.6) is 0 Å². The number of rotatable bonds is 4. The first-order chi connectivity index (χ1) is 6.22. The third kappa shape index (κ3) is 7.03. The molecule has 0 bridgehead atoms. The molecule has 0 spiro atoms. The highest BCUT2D eigenvalue weighted by Gasteiger charge is 2.21. The molecule has 0 aromatic carbocycles. The van der Waals surface area contributed by atoms with Crippen molar-refractivity contribution in [2.24, 2.45) is 5.73 Å². The minimum absolute atomic E-state index is 0.401. The highest BCUT2D eigenvalue weighted by Crippen LogP contribution is 2.08. The fourth-order valence-electron chi connectivity index (χ4n) is 0.788. The van der Waals surface area contributed by atoms with Crippen molar-refractivity contribution < 1.29 is 13.7 Å². The van der Waals surface area contributed by atoms with Gasteiger partial charge in [0.05, 0.1) is 0 Å². The molecular formula is C9H19NO3S. The Labute approximate surface area is 87.6 Å².